The molecule has 1 N–H and O–H groups in total. The lowest BCUT2D eigenvalue weighted by molar-refractivity contribution is -0.125. The summed E-state index contributed by atoms with van der Waals surface area (Å²) in [7, 11) is 0. The van der Waals surface area contributed by atoms with Crippen molar-refractivity contribution in [3.63, 3.8) is 0 Å². The van der Waals surface area contributed by atoms with Crippen LogP contribution >= 0.6 is 0 Å². The van der Waals surface area contributed by atoms with Crippen LogP contribution in [0.5, 0.6) is 5.75 Å². The Kier molecular flexibility index (Phi) is 5.49. The van der Waals surface area contributed by atoms with Crippen molar-refractivity contribution < 1.29 is 14.3 Å². The fourth-order valence-corrected chi connectivity index (χ4v) is 3.35. The van der Waals surface area contributed by atoms with Gasteiger partial charge in [0.1, 0.15) is 5.75 Å². The van der Waals surface area contributed by atoms with Crippen LogP contribution in [0.2, 0.25) is 0 Å². The summed E-state index contributed by atoms with van der Waals surface area (Å²) >= 11 is 0. The number of aryl methyl sites for hydroxylation is 1. The molecule has 5 nitrogen and oxygen atoms in total. The highest BCUT2D eigenvalue weighted by Gasteiger charge is 2.31. The molecule has 1 aliphatic rings. The summed E-state index contributed by atoms with van der Waals surface area (Å²) in [5, 5.41) is 3.04. The lowest BCUT2D eigenvalue weighted by atomic mass is 9.98. The zero-order valence-corrected chi connectivity index (χ0v) is 16.3. The number of amides is 2. The number of anilines is 2. The van der Waals surface area contributed by atoms with Crippen molar-refractivity contribution in [2.75, 3.05) is 16.8 Å². The topological polar surface area (TPSA) is 58.6 Å². The first-order valence-corrected chi connectivity index (χ1v) is 9.35. The number of hydrogen-bond acceptors (Lipinski definition) is 3. The number of carbonyl (C=O) groups is 2. The number of nitrogens with one attached hydrogen (secondary N) is 1. The van der Waals surface area contributed by atoms with Crippen molar-refractivity contribution in [2.24, 2.45) is 0 Å². The molecule has 1 aliphatic heterocycles. The third-order valence-corrected chi connectivity index (χ3v) is 4.83. The quantitative estimate of drug-likeness (QED) is 0.860. The molecule has 0 aromatic heterocycles. The largest absolute Gasteiger partial charge is 0.479 e. The first-order chi connectivity index (χ1) is 12.9. The molecule has 2 aromatic rings. The molecule has 142 valence electrons. The number of hydrogen-bond donors (Lipinski definition) is 1. The van der Waals surface area contributed by atoms with Crippen molar-refractivity contribution in [1.82, 2.24) is 0 Å². The van der Waals surface area contributed by atoms with Gasteiger partial charge in [-0.3, -0.25) is 9.59 Å². The van der Waals surface area contributed by atoms with E-state index in [-0.39, 0.29) is 18.2 Å². The molecule has 0 saturated heterocycles. The third-order valence-electron chi connectivity index (χ3n) is 4.83. The molecule has 1 heterocycles. The predicted octanol–water partition coefficient (Wildman–Crippen LogP) is 4.26. The molecule has 5 heteroatoms. The number of carbonyl (C=O) groups excluding carboxylic acids is 2. The van der Waals surface area contributed by atoms with Crippen LogP contribution in [-0.4, -0.2) is 24.5 Å². The highest BCUT2D eigenvalue weighted by Crippen LogP contribution is 2.34. The third kappa shape index (κ3) is 3.97. The highest BCUT2D eigenvalue weighted by atomic mass is 16.5. The van der Waals surface area contributed by atoms with Gasteiger partial charge in [-0.15, -0.1) is 0 Å². The predicted molar refractivity (Wildman–Crippen MR) is 107 cm³/mol. The second-order valence-electron chi connectivity index (χ2n) is 7.21. The summed E-state index contributed by atoms with van der Waals surface area (Å²) in [6.07, 6.45) is -0.328. The molecule has 0 radical (unpaired) electrons. The van der Waals surface area contributed by atoms with Crippen LogP contribution in [0.4, 0.5) is 11.4 Å². The standard InChI is InChI=1S/C22H26N2O3/c1-14(2)17-9-7-8-15(3)21(17)23-20(25)12-13-24-18-10-5-6-11-19(18)27-16(4)22(24)26/h5-11,14,16H,12-13H2,1-4H3,(H,23,25)/t16-/m1/s1. The molecule has 1 atom stereocenters. The summed E-state index contributed by atoms with van der Waals surface area (Å²) < 4.78 is 5.64. The van der Waals surface area contributed by atoms with Crippen LogP contribution in [0.3, 0.4) is 0 Å². The lowest BCUT2D eigenvalue weighted by Gasteiger charge is -2.32. The first kappa shape index (κ1) is 19.0. The Morgan fingerprint density at radius 3 is 2.67 bits per heavy atom. The number of nitrogens with zero attached hydrogens (tertiary/aromatic N) is 1. The van der Waals surface area contributed by atoms with E-state index in [4.69, 9.17) is 4.74 Å². The van der Waals surface area contributed by atoms with Crippen molar-refractivity contribution in [2.45, 2.75) is 46.1 Å². The zero-order chi connectivity index (χ0) is 19.6. The van der Waals surface area contributed by atoms with Crippen LogP contribution < -0.4 is 15.0 Å². The van der Waals surface area contributed by atoms with E-state index in [1.54, 1.807) is 11.8 Å². The van der Waals surface area contributed by atoms with E-state index in [9.17, 15) is 9.59 Å². The first-order valence-electron chi connectivity index (χ1n) is 9.35. The molecule has 0 spiro atoms. The maximum absolute atomic E-state index is 12.6. The summed E-state index contributed by atoms with van der Waals surface area (Å²) in [6, 6.07) is 13.5. The van der Waals surface area contributed by atoms with E-state index < -0.39 is 6.10 Å². The fraction of sp³-hybridized carbons (Fsp3) is 0.364. The fourth-order valence-electron chi connectivity index (χ4n) is 3.35. The van der Waals surface area contributed by atoms with Crippen LogP contribution in [0.25, 0.3) is 0 Å². The van der Waals surface area contributed by atoms with E-state index in [2.05, 4.69) is 19.2 Å². The molecule has 0 fully saturated rings. The van der Waals surface area contributed by atoms with Gasteiger partial charge in [0.2, 0.25) is 5.91 Å². The SMILES string of the molecule is Cc1cccc(C(C)C)c1NC(=O)CCN1C(=O)[C@@H](C)Oc2ccccc21. The zero-order valence-electron chi connectivity index (χ0n) is 16.3. The molecule has 3 rings (SSSR count). The van der Waals surface area contributed by atoms with E-state index >= 15 is 0 Å². The van der Waals surface area contributed by atoms with Crippen LogP contribution in [0, 0.1) is 6.92 Å². The molecule has 2 amide bonds. The molecular weight excluding hydrogens is 340 g/mol. The van der Waals surface area contributed by atoms with Gasteiger partial charge >= 0.3 is 0 Å². The number of benzene rings is 2. The highest BCUT2D eigenvalue weighted by molar-refractivity contribution is 6.01. The normalized spacial score (nSPS) is 16.1. The van der Waals surface area contributed by atoms with Gasteiger partial charge in [0, 0.05) is 18.7 Å². The Hall–Kier alpha value is -2.82. The Morgan fingerprint density at radius 2 is 1.93 bits per heavy atom. The van der Waals surface area contributed by atoms with E-state index in [1.807, 2.05) is 49.4 Å². The average Bonchev–Trinajstić information content (AvgIpc) is 2.63. The maximum Gasteiger partial charge on any atom is 0.267 e. The van der Waals surface area contributed by atoms with Crippen molar-refractivity contribution in [3.05, 3.63) is 53.6 Å². The Balaban J connectivity index is 1.73. The second-order valence-corrected chi connectivity index (χ2v) is 7.21. The Morgan fingerprint density at radius 1 is 1.19 bits per heavy atom. The minimum absolute atomic E-state index is 0.101. The van der Waals surface area contributed by atoms with Gasteiger partial charge in [0.25, 0.3) is 5.91 Å². The van der Waals surface area contributed by atoms with Gasteiger partial charge in [-0.1, -0.05) is 44.2 Å². The maximum atomic E-state index is 12.6. The molecule has 27 heavy (non-hydrogen) atoms. The van der Waals surface area contributed by atoms with Gasteiger partial charge in [-0.05, 0) is 43.0 Å². The van der Waals surface area contributed by atoms with Crippen LogP contribution in [0.15, 0.2) is 42.5 Å². The Labute approximate surface area is 160 Å². The number of fused-ring (bicyclic) bond motifs is 1. The minimum Gasteiger partial charge on any atom is -0.479 e. The summed E-state index contributed by atoms with van der Waals surface area (Å²) in [4.78, 5) is 26.8. The molecule has 0 saturated carbocycles. The molecule has 0 aliphatic carbocycles. The second kappa shape index (κ2) is 7.82. The number of rotatable bonds is 5. The van der Waals surface area contributed by atoms with E-state index in [1.165, 1.54) is 0 Å². The van der Waals surface area contributed by atoms with Crippen molar-refractivity contribution >= 4 is 23.2 Å². The van der Waals surface area contributed by atoms with Crippen molar-refractivity contribution in [1.29, 1.82) is 0 Å². The van der Waals surface area contributed by atoms with E-state index in [0.29, 0.717) is 23.9 Å². The van der Waals surface area contributed by atoms with Crippen LogP contribution in [0.1, 0.15) is 44.2 Å². The smallest absolute Gasteiger partial charge is 0.267 e. The lowest BCUT2D eigenvalue weighted by Crippen LogP contribution is -2.45. The van der Waals surface area contributed by atoms with Gasteiger partial charge in [-0.25, -0.2) is 0 Å². The van der Waals surface area contributed by atoms with Gasteiger partial charge in [0.05, 0.1) is 5.69 Å². The van der Waals surface area contributed by atoms with Crippen LogP contribution in [-0.2, 0) is 9.59 Å². The minimum atomic E-state index is -0.549. The van der Waals surface area contributed by atoms with Crippen molar-refractivity contribution in [3.8, 4) is 5.75 Å². The molecule has 0 bridgehead atoms. The summed E-state index contributed by atoms with van der Waals surface area (Å²) in [5.41, 5.74) is 3.74. The summed E-state index contributed by atoms with van der Waals surface area (Å²) in [5.74, 6) is 0.760. The van der Waals surface area contributed by atoms with E-state index in [0.717, 1.165) is 16.8 Å². The number of ether oxygens (including phenoxy) is 1. The Bertz CT molecular complexity index is 860. The molecule has 0 unspecified atom stereocenters. The van der Waals surface area contributed by atoms with Gasteiger partial charge in [0.15, 0.2) is 6.10 Å². The molecule has 2 aromatic carbocycles. The molecular formula is C22H26N2O3. The summed E-state index contributed by atoms with van der Waals surface area (Å²) in [6.45, 7) is 8.25. The average molecular weight is 366 g/mol. The van der Waals surface area contributed by atoms with Gasteiger partial charge < -0.3 is 15.0 Å². The van der Waals surface area contributed by atoms with Gasteiger partial charge in [-0.2, -0.15) is 0 Å². The monoisotopic (exact) mass is 366 g/mol. The number of para-hydroxylation sites is 3.